The van der Waals surface area contributed by atoms with E-state index in [1.165, 1.54) is 18.2 Å². The van der Waals surface area contributed by atoms with Gasteiger partial charge in [0.25, 0.3) is 5.91 Å². The summed E-state index contributed by atoms with van der Waals surface area (Å²) in [6.45, 7) is 1.95. The summed E-state index contributed by atoms with van der Waals surface area (Å²) in [7, 11) is 0. The zero-order chi connectivity index (χ0) is 20.8. The van der Waals surface area contributed by atoms with Gasteiger partial charge < -0.3 is 15.3 Å². The van der Waals surface area contributed by atoms with Gasteiger partial charge >= 0.3 is 6.18 Å². The fourth-order valence-electron chi connectivity index (χ4n) is 3.58. The van der Waals surface area contributed by atoms with Crippen molar-refractivity contribution in [2.24, 2.45) is 0 Å². The Balaban J connectivity index is 1.51. The van der Waals surface area contributed by atoms with E-state index in [0.717, 1.165) is 11.6 Å². The monoisotopic (exact) mass is 403 g/mol. The van der Waals surface area contributed by atoms with Crippen molar-refractivity contribution in [1.82, 2.24) is 15.3 Å². The molecule has 0 saturated carbocycles. The molecule has 4 rings (SSSR count). The van der Waals surface area contributed by atoms with E-state index < -0.39 is 17.6 Å². The van der Waals surface area contributed by atoms with E-state index in [1.54, 1.807) is 25.1 Å². The lowest BCUT2D eigenvalue weighted by atomic mass is 10.0. The maximum atomic E-state index is 13.3. The van der Waals surface area contributed by atoms with Crippen molar-refractivity contribution in [3.05, 3.63) is 70.8 Å². The molecule has 2 aromatic carbocycles. The third kappa shape index (κ3) is 3.57. The molecule has 2 aromatic heterocycles. The molecule has 1 amide bonds. The SMILES string of the molecule is Cc1[nH]c2c(C(F)(F)F)cccc2c1CCNC(=O)c1cc2ccc(F)cc2[nH]1. The van der Waals surface area contributed by atoms with Crippen LogP contribution in [-0.4, -0.2) is 22.4 Å². The Bertz CT molecular complexity index is 1220. The van der Waals surface area contributed by atoms with E-state index in [4.69, 9.17) is 0 Å². The number of amides is 1. The molecule has 150 valence electrons. The van der Waals surface area contributed by atoms with E-state index in [2.05, 4.69) is 15.3 Å². The Morgan fingerprint density at radius 1 is 1.10 bits per heavy atom. The predicted molar refractivity (Wildman–Crippen MR) is 102 cm³/mol. The molecule has 3 N–H and O–H groups in total. The van der Waals surface area contributed by atoms with Crippen LogP contribution >= 0.6 is 0 Å². The fourth-order valence-corrected chi connectivity index (χ4v) is 3.58. The summed E-state index contributed by atoms with van der Waals surface area (Å²) in [5.74, 6) is -0.769. The van der Waals surface area contributed by atoms with Gasteiger partial charge in [0.2, 0.25) is 0 Å². The molecular formula is C21H17F4N3O. The highest BCUT2D eigenvalue weighted by atomic mass is 19.4. The number of aryl methyl sites for hydroxylation is 1. The Morgan fingerprint density at radius 3 is 2.66 bits per heavy atom. The van der Waals surface area contributed by atoms with E-state index in [9.17, 15) is 22.4 Å². The minimum Gasteiger partial charge on any atom is -0.358 e. The topological polar surface area (TPSA) is 60.7 Å². The number of alkyl halides is 3. The van der Waals surface area contributed by atoms with Crippen molar-refractivity contribution in [3.63, 3.8) is 0 Å². The minimum absolute atomic E-state index is 0.0523. The van der Waals surface area contributed by atoms with Crippen molar-refractivity contribution < 1.29 is 22.4 Å². The van der Waals surface area contributed by atoms with Crippen LogP contribution in [0.5, 0.6) is 0 Å². The molecule has 0 unspecified atom stereocenters. The molecule has 0 atom stereocenters. The predicted octanol–water partition coefficient (Wildman–Crippen LogP) is 5.09. The zero-order valence-electron chi connectivity index (χ0n) is 15.4. The van der Waals surface area contributed by atoms with Gasteiger partial charge in [-0.3, -0.25) is 4.79 Å². The van der Waals surface area contributed by atoms with Crippen LogP contribution < -0.4 is 5.32 Å². The van der Waals surface area contributed by atoms with E-state index in [-0.39, 0.29) is 18.0 Å². The number of hydrogen-bond donors (Lipinski definition) is 3. The minimum atomic E-state index is -4.45. The molecule has 0 spiro atoms. The average molecular weight is 403 g/mol. The molecule has 0 saturated heterocycles. The van der Waals surface area contributed by atoms with Crippen LogP contribution in [0.15, 0.2) is 42.5 Å². The zero-order valence-corrected chi connectivity index (χ0v) is 15.4. The molecule has 8 heteroatoms. The van der Waals surface area contributed by atoms with Crippen LogP contribution in [0.2, 0.25) is 0 Å². The summed E-state index contributed by atoms with van der Waals surface area (Å²) in [4.78, 5) is 18.1. The van der Waals surface area contributed by atoms with Crippen LogP contribution in [0.1, 0.15) is 27.3 Å². The Hall–Kier alpha value is -3.29. The van der Waals surface area contributed by atoms with Gasteiger partial charge in [0, 0.05) is 28.5 Å². The Morgan fingerprint density at radius 2 is 1.90 bits per heavy atom. The Labute approximate surface area is 162 Å². The number of aromatic amines is 2. The summed E-state index contributed by atoms with van der Waals surface area (Å²) < 4.78 is 52.9. The summed E-state index contributed by atoms with van der Waals surface area (Å²) in [5.41, 5.74) is 1.51. The summed E-state index contributed by atoms with van der Waals surface area (Å²) in [6.07, 6.45) is -4.08. The number of aromatic nitrogens is 2. The lowest BCUT2D eigenvalue weighted by molar-refractivity contribution is -0.136. The van der Waals surface area contributed by atoms with Gasteiger partial charge in [-0.15, -0.1) is 0 Å². The number of halogens is 4. The van der Waals surface area contributed by atoms with Crippen LogP contribution in [-0.2, 0) is 12.6 Å². The number of para-hydroxylation sites is 1. The van der Waals surface area contributed by atoms with Gasteiger partial charge in [-0.2, -0.15) is 13.2 Å². The molecule has 0 fully saturated rings. The number of carbonyl (C=O) groups excluding carboxylic acids is 1. The molecule has 0 aliphatic rings. The fraction of sp³-hybridized carbons (Fsp3) is 0.190. The van der Waals surface area contributed by atoms with Crippen molar-refractivity contribution >= 4 is 27.7 Å². The summed E-state index contributed by atoms with van der Waals surface area (Å²) in [5, 5.41) is 3.95. The molecule has 29 heavy (non-hydrogen) atoms. The van der Waals surface area contributed by atoms with E-state index in [0.29, 0.717) is 34.1 Å². The van der Waals surface area contributed by atoms with E-state index in [1.807, 2.05) is 0 Å². The van der Waals surface area contributed by atoms with Gasteiger partial charge in [-0.25, -0.2) is 4.39 Å². The van der Waals surface area contributed by atoms with Crippen LogP contribution in [0.3, 0.4) is 0 Å². The van der Waals surface area contributed by atoms with Gasteiger partial charge in [0.1, 0.15) is 11.5 Å². The van der Waals surface area contributed by atoms with Gasteiger partial charge in [-0.05, 0) is 49.2 Å². The molecule has 0 aliphatic heterocycles. The first-order chi connectivity index (χ1) is 13.7. The molecule has 2 heterocycles. The first-order valence-corrected chi connectivity index (χ1v) is 8.98. The average Bonchev–Trinajstić information content (AvgIpc) is 3.21. The number of carbonyl (C=O) groups is 1. The molecule has 0 radical (unpaired) electrons. The highest BCUT2D eigenvalue weighted by Gasteiger charge is 2.33. The van der Waals surface area contributed by atoms with Crippen molar-refractivity contribution in [2.75, 3.05) is 6.54 Å². The highest BCUT2D eigenvalue weighted by molar-refractivity contribution is 5.98. The first-order valence-electron chi connectivity index (χ1n) is 8.98. The lowest BCUT2D eigenvalue weighted by Crippen LogP contribution is -2.26. The van der Waals surface area contributed by atoms with Gasteiger partial charge in [-0.1, -0.05) is 12.1 Å². The second-order valence-electron chi connectivity index (χ2n) is 6.87. The van der Waals surface area contributed by atoms with Gasteiger partial charge in [0.15, 0.2) is 0 Å². The van der Waals surface area contributed by atoms with Gasteiger partial charge in [0.05, 0.1) is 11.1 Å². The van der Waals surface area contributed by atoms with Crippen molar-refractivity contribution in [2.45, 2.75) is 19.5 Å². The molecule has 4 aromatic rings. The number of H-pyrrole nitrogens is 2. The first kappa shape index (κ1) is 19.0. The molecule has 0 bridgehead atoms. The number of rotatable bonds is 4. The van der Waals surface area contributed by atoms with Crippen LogP contribution in [0.25, 0.3) is 21.8 Å². The normalized spacial score (nSPS) is 12.0. The van der Waals surface area contributed by atoms with E-state index >= 15 is 0 Å². The smallest absolute Gasteiger partial charge is 0.358 e. The third-order valence-electron chi connectivity index (χ3n) is 4.95. The summed E-state index contributed by atoms with van der Waals surface area (Å²) >= 11 is 0. The van der Waals surface area contributed by atoms with Crippen molar-refractivity contribution in [3.8, 4) is 0 Å². The third-order valence-corrected chi connectivity index (χ3v) is 4.95. The molecular weight excluding hydrogens is 386 g/mol. The largest absolute Gasteiger partial charge is 0.418 e. The van der Waals surface area contributed by atoms with Crippen LogP contribution in [0, 0.1) is 12.7 Å². The van der Waals surface area contributed by atoms with Crippen LogP contribution in [0.4, 0.5) is 17.6 Å². The maximum absolute atomic E-state index is 13.3. The van der Waals surface area contributed by atoms with Crippen molar-refractivity contribution in [1.29, 1.82) is 0 Å². The summed E-state index contributed by atoms with van der Waals surface area (Å²) in [6, 6.07) is 9.87. The number of benzene rings is 2. The number of fused-ring (bicyclic) bond motifs is 2. The number of nitrogens with one attached hydrogen (secondary N) is 3. The molecule has 0 aliphatic carbocycles. The molecule has 4 nitrogen and oxygen atoms in total. The standard InChI is InChI=1S/C21H17F4N3O/c1-11-14(15-3-2-4-16(19(15)27-11)21(23,24)25)7-8-26-20(29)18-9-12-5-6-13(22)10-17(12)28-18/h2-6,9-10,27-28H,7-8H2,1H3,(H,26,29). The quantitative estimate of drug-likeness (QED) is 0.409. The Kier molecular flexibility index (Phi) is 4.56. The maximum Gasteiger partial charge on any atom is 0.418 e. The second-order valence-corrected chi connectivity index (χ2v) is 6.87. The number of hydrogen-bond acceptors (Lipinski definition) is 1. The second kappa shape index (κ2) is 6.95. The highest BCUT2D eigenvalue weighted by Crippen LogP contribution is 2.36. The lowest BCUT2D eigenvalue weighted by Gasteiger charge is -2.08.